The SMILES string of the molecule is CCNC(=O)[C@@H](Cc1ccccc1)N(Cc1cccc(C)c1)C(=O)CN(c1ccc(Cl)cc1C)S(=O)(=O)c1ccc(C)cc1. The molecule has 0 saturated heterocycles. The molecule has 0 aliphatic rings. The minimum Gasteiger partial charge on any atom is -0.355 e. The highest BCUT2D eigenvalue weighted by atomic mass is 35.5. The Labute approximate surface area is 265 Å². The fourth-order valence-electron chi connectivity index (χ4n) is 5.10. The van der Waals surface area contributed by atoms with E-state index < -0.39 is 28.5 Å². The molecule has 0 aromatic heterocycles. The Morgan fingerprint density at radius 3 is 2.14 bits per heavy atom. The molecule has 7 nitrogen and oxygen atoms in total. The van der Waals surface area contributed by atoms with E-state index in [1.165, 1.54) is 17.0 Å². The van der Waals surface area contributed by atoms with Gasteiger partial charge in [0.2, 0.25) is 11.8 Å². The third kappa shape index (κ3) is 8.07. The van der Waals surface area contributed by atoms with Crippen molar-refractivity contribution in [1.82, 2.24) is 10.2 Å². The molecular formula is C35H38ClN3O4S. The van der Waals surface area contributed by atoms with Crippen molar-refractivity contribution in [1.29, 1.82) is 0 Å². The molecule has 0 heterocycles. The molecule has 0 fully saturated rings. The minimum absolute atomic E-state index is 0.0556. The second-order valence-electron chi connectivity index (χ2n) is 10.9. The van der Waals surface area contributed by atoms with Crippen LogP contribution in [0.4, 0.5) is 5.69 Å². The summed E-state index contributed by atoms with van der Waals surface area (Å²) in [4.78, 5) is 29.6. The number of amides is 2. The van der Waals surface area contributed by atoms with Gasteiger partial charge in [0.05, 0.1) is 10.6 Å². The number of carbonyl (C=O) groups is 2. The predicted octanol–water partition coefficient (Wildman–Crippen LogP) is 6.24. The van der Waals surface area contributed by atoms with Crippen molar-refractivity contribution in [3.8, 4) is 0 Å². The van der Waals surface area contributed by atoms with Gasteiger partial charge in [0.25, 0.3) is 10.0 Å². The van der Waals surface area contributed by atoms with Crippen LogP contribution in [0.25, 0.3) is 0 Å². The Bertz CT molecular complexity index is 1710. The molecule has 1 N–H and O–H groups in total. The zero-order chi connectivity index (χ0) is 31.9. The Balaban J connectivity index is 1.82. The lowest BCUT2D eigenvalue weighted by Gasteiger charge is -2.34. The zero-order valence-electron chi connectivity index (χ0n) is 25.5. The van der Waals surface area contributed by atoms with Gasteiger partial charge in [-0.2, -0.15) is 0 Å². The maximum atomic E-state index is 14.5. The summed E-state index contributed by atoms with van der Waals surface area (Å²) in [5.41, 5.74) is 4.55. The van der Waals surface area contributed by atoms with Gasteiger partial charge in [-0.15, -0.1) is 0 Å². The molecule has 0 bridgehead atoms. The lowest BCUT2D eigenvalue weighted by Crippen LogP contribution is -2.53. The first-order valence-electron chi connectivity index (χ1n) is 14.5. The molecule has 1 atom stereocenters. The first-order valence-corrected chi connectivity index (χ1v) is 16.3. The van der Waals surface area contributed by atoms with E-state index in [0.29, 0.717) is 22.8 Å². The fraction of sp³-hybridized carbons (Fsp3) is 0.257. The van der Waals surface area contributed by atoms with Gasteiger partial charge < -0.3 is 10.2 Å². The largest absolute Gasteiger partial charge is 0.355 e. The van der Waals surface area contributed by atoms with Crippen LogP contribution < -0.4 is 9.62 Å². The van der Waals surface area contributed by atoms with E-state index in [-0.39, 0.29) is 23.8 Å². The van der Waals surface area contributed by atoms with Crippen molar-refractivity contribution in [2.45, 2.75) is 51.6 Å². The van der Waals surface area contributed by atoms with E-state index in [4.69, 9.17) is 11.6 Å². The van der Waals surface area contributed by atoms with E-state index in [2.05, 4.69) is 5.32 Å². The maximum Gasteiger partial charge on any atom is 0.264 e. The smallest absolute Gasteiger partial charge is 0.264 e. The number of likely N-dealkylation sites (N-methyl/N-ethyl adjacent to an activating group) is 1. The molecule has 4 aromatic rings. The minimum atomic E-state index is -4.19. The van der Waals surface area contributed by atoms with Gasteiger partial charge in [0, 0.05) is 24.5 Å². The van der Waals surface area contributed by atoms with Crippen molar-refractivity contribution >= 4 is 39.1 Å². The van der Waals surface area contributed by atoms with Crippen LogP contribution in [0, 0.1) is 20.8 Å². The molecule has 0 aliphatic carbocycles. The van der Waals surface area contributed by atoms with E-state index in [9.17, 15) is 18.0 Å². The summed E-state index contributed by atoms with van der Waals surface area (Å²) in [7, 11) is -4.19. The lowest BCUT2D eigenvalue weighted by atomic mass is 10.0. The van der Waals surface area contributed by atoms with Crippen LogP contribution in [0.5, 0.6) is 0 Å². The van der Waals surface area contributed by atoms with E-state index in [1.807, 2.05) is 75.4 Å². The molecule has 9 heteroatoms. The maximum absolute atomic E-state index is 14.5. The Morgan fingerprint density at radius 2 is 1.50 bits per heavy atom. The summed E-state index contributed by atoms with van der Waals surface area (Å²) in [6, 6.07) is 27.7. The van der Waals surface area contributed by atoms with Crippen LogP contribution in [-0.2, 0) is 32.6 Å². The van der Waals surface area contributed by atoms with Gasteiger partial charge in [0.1, 0.15) is 12.6 Å². The summed E-state index contributed by atoms with van der Waals surface area (Å²) in [5, 5.41) is 3.33. The molecular weight excluding hydrogens is 594 g/mol. The number of hydrogen-bond acceptors (Lipinski definition) is 4. The van der Waals surface area contributed by atoms with E-state index >= 15 is 0 Å². The summed E-state index contributed by atoms with van der Waals surface area (Å²) >= 11 is 6.23. The van der Waals surface area contributed by atoms with Crippen LogP contribution in [0.2, 0.25) is 5.02 Å². The second-order valence-corrected chi connectivity index (χ2v) is 13.2. The van der Waals surface area contributed by atoms with Crippen molar-refractivity contribution in [2.24, 2.45) is 0 Å². The normalized spacial score (nSPS) is 11.9. The number of aryl methyl sites for hydroxylation is 3. The first-order chi connectivity index (χ1) is 21.0. The highest BCUT2D eigenvalue weighted by molar-refractivity contribution is 7.92. The van der Waals surface area contributed by atoms with Crippen molar-refractivity contribution in [2.75, 3.05) is 17.4 Å². The number of nitrogens with zero attached hydrogens (tertiary/aromatic N) is 2. The zero-order valence-corrected chi connectivity index (χ0v) is 27.0. The molecule has 2 amide bonds. The summed E-state index contributed by atoms with van der Waals surface area (Å²) in [5.74, 6) is -0.823. The molecule has 4 aromatic carbocycles. The van der Waals surface area contributed by atoms with Crippen LogP contribution in [-0.4, -0.2) is 44.3 Å². The number of nitrogens with one attached hydrogen (secondary N) is 1. The van der Waals surface area contributed by atoms with Crippen molar-refractivity contribution in [3.63, 3.8) is 0 Å². The van der Waals surface area contributed by atoms with Gasteiger partial charge >= 0.3 is 0 Å². The third-order valence-corrected chi connectivity index (χ3v) is 9.38. The average Bonchev–Trinajstić information content (AvgIpc) is 2.99. The number of halogens is 1. The molecule has 0 radical (unpaired) electrons. The molecule has 44 heavy (non-hydrogen) atoms. The highest BCUT2D eigenvalue weighted by Crippen LogP contribution is 2.30. The summed E-state index contributed by atoms with van der Waals surface area (Å²) in [6.45, 7) is 7.39. The molecule has 230 valence electrons. The van der Waals surface area contributed by atoms with E-state index in [0.717, 1.165) is 26.6 Å². The van der Waals surface area contributed by atoms with Crippen molar-refractivity contribution in [3.05, 3.63) is 130 Å². The molecule has 0 aliphatic heterocycles. The van der Waals surface area contributed by atoms with Crippen LogP contribution in [0.1, 0.15) is 34.7 Å². The number of sulfonamides is 1. The quantitative estimate of drug-likeness (QED) is 0.201. The Kier molecular flexibility index (Phi) is 10.8. The summed E-state index contributed by atoms with van der Waals surface area (Å²) in [6.07, 6.45) is 0.259. The molecule has 4 rings (SSSR count). The Hall–Kier alpha value is -4.14. The standard InChI is InChI=1S/C35H38ClN3O4S/c1-5-37-35(41)33(22-28-11-7-6-8-12-28)38(23-29-13-9-10-26(3)20-29)34(40)24-39(32-19-16-30(36)21-27(32)4)44(42,43)31-17-14-25(2)15-18-31/h6-21,33H,5,22-24H2,1-4H3,(H,37,41)/t33-/m1/s1. The fourth-order valence-corrected chi connectivity index (χ4v) is 6.81. The van der Waals surface area contributed by atoms with Gasteiger partial charge in [-0.1, -0.05) is 89.5 Å². The number of anilines is 1. The van der Waals surface area contributed by atoms with E-state index in [1.54, 1.807) is 37.3 Å². The third-order valence-electron chi connectivity index (χ3n) is 7.37. The molecule has 0 unspecified atom stereocenters. The second kappa shape index (κ2) is 14.6. The number of hydrogen-bond donors (Lipinski definition) is 1. The number of benzene rings is 4. The lowest BCUT2D eigenvalue weighted by molar-refractivity contribution is -0.140. The monoisotopic (exact) mass is 631 g/mol. The molecule has 0 spiro atoms. The topological polar surface area (TPSA) is 86.8 Å². The van der Waals surface area contributed by atoms with Gasteiger partial charge in [0.15, 0.2) is 0 Å². The predicted molar refractivity (Wildman–Crippen MR) is 176 cm³/mol. The van der Waals surface area contributed by atoms with Gasteiger partial charge in [-0.3, -0.25) is 13.9 Å². The van der Waals surface area contributed by atoms with Gasteiger partial charge in [-0.05, 0) is 74.7 Å². The first kappa shape index (κ1) is 32.8. The summed E-state index contributed by atoms with van der Waals surface area (Å²) < 4.78 is 29.5. The number of carbonyl (C=O) groups excluding carboxylic acids is 2. The molecule has 0 saturated carbocycles. The van der Waals surface area contributed by atoms with Crippen LogP contribution >= 0.6 is 11.6 Å². The van der Waals surface area contributed by atoms with Crippen LogP contribution in [0.3, 0.4) is 0 Å². The Morgan fingerprint density at radius 1 is 0.818 bits per heavy atom. The highest BCUT2D eigenvalue weighted by Gasteiger charge is 2.35. The van der Waals surface area contributed by atoms with Crippen molar-refractivity contribution < 1.29 is 18.0 Å². The van der Waals surface area contributed by atoms with Gasteiger partial charge in [-0.25, -0.2) is 8.42 Å². The number of rotatable bonds is 12. The average molecular weight is 632 g/mol. The van der Waals surface area contributed by atoms with Crippen LogP contribution in [0.15, 0.2) is 102 Å².